The van der Waals surface area contributed by atoms with Gasteiger partial charge >= 0.3 is 0 Å². The smallest absolute Gasteiger partial charge is 0.236 e. The number of benzene rings is 2. The molecule has 2 saturated heterocycles. The fraction of sp³-hybridized carbons (Fsp3) is 0.478. The summed E-state index contributed by atoms with van der Waals surface area (Å²) in [5.74, 6) is 0.318. The molecule has 2 aliphatic heterocycles. The molecular formula is C23H30N4O2. The highest BCUT2D eigenvalue weighted by Crippen LogP contribution is 2.23. The van der Waals surface area contributed by atoms with Crippen LogP contribution in [0, 0.1) is 0 Å². The van der Waals surface area contributed by atoms with Crippen LogP contribution in [0.3, 0.4) is 0 Å². The molecule has 1 N–H and O–H groups in total. The van der Waals surface area contributed by atoms with Crippen LogP contribution in [0.5, 0.6) is 0 Å². The Morgan fingerprint density at radius 3 is 2.31 bits per heavy atom. The number of fused-ring (bicyclic) bond motifs is 1. The summed E-state index contributed by atoms with van der Waals surface area (Å²) in [5, 5.41) is 5.26. The van der Waals surface area contributed by atoms with Gasteiger partial charge in [-0.3, -0.25) is 14.5 Å². The van der Waals surface area contributed by atoms with Crippen LogP contribution < -0.4 is 5.32 Å². The fourth-order valence-electron chi connectivity index (χ4n) is 4.24. The van der Waals surface area contributed by atoms with E-state index in [9.17, 15) is 9.59 Å². The highest BCUT2D eigenvalue weighted by Gasteiger charge is 2.23. The van der Waals surface area contributed by atoms with Crippen LogP contribution in [-0.4, -0.2) is 78.9 Å². The minimum atomic E-state index is 0.0491. The minimum absolute atomic E-state index is 0.0491. The van der Waals surface area contributed by atoms with Gasteiger partial charge in [-0.2, -0.15) is 0 Å². The van der Waals surface area contributed by atoms with Gasteiger partial charge in [-0.1, -0.05) is 36.4 Å². The number of rotatable bonds is 6. The molecule has 6 nitrogen and oxygen atoms in total. The highest BCUT2D eigenvalue weighted by atomic mass is 16.2. The molecule has 2 fully saturated rings. The first kappa shape index (κ1) is 19.9. The van der Waals surface area contributed by atoms with E-state index >= 15 is 0 Å². The first-order valence-corrected chi connectivity index (χ1v) is 10.7. The zero-order valence-corrected chi connectivity index (χ0v) is 17.0. The monoisotopic (exact) mass is 394 g/mol. The number of hydrogen-bond acceptors (Lipinski definition) is 4. The van der Waals surface area contributed by atoms with Gasteiger partial charge < -0.3 is 15.1 Å². The van der Waals surface area contributed by atoms with E-state index in [2.05, 4.69) is 27.2 Å². The van der Waals surface area contributed by atoms with Gasteiger partial charge in [0.1, 0.15) is 0 Å². The predicted molar refractivity (Wildman–Crippen MR) is 116 cm³/mol. The summed E-state index contributed by atoms with van der Waals surface area (Å²) in [4.78, 5) is 31.3. The fourth-order valence-corrected chi connectivity index (χ4v) is 4.24. The van der Waals surface area contributed by atoms with Gasteiger partial charge in [0.2, 0.25) is 11.8 Å². The molecule has 4 rings (SSSR count). The lowest BCUT2D eigenvalue weighted by atomic mass is 10.1. The average molecular weight is 395 g/mol. The Balaban J connectivity index is 1.20. The zero-order chi connectivity index (χ0) is 20.1. The number of nitrogens with one attached hydrogen (secondary N) is 1. The second-order valence-electron chi connectivity index (χ2n) is 8.03. The molecule has 2 aliphatic rings. The van der Waals surface area contributed by atoms with E-state index in [1.54, 1.807) is 0 Å². The molecular weight excluding hydrogens is 364 g/mol. The number of carbonyl (C=O) groups is 2. The summed E-state index contributed by atoms with van der Waals surface area (Å²) >= 11 is 0. The maximum atomic E-state index is 12.5. The van der Waals surface area contributed by atoms with Gasteiger partial charge in [0.15, 0.2) is 0 Å². The average Bonchev–Trinajstić information content (AvgIpc) is 3.29. The van der Waals surface area contributed by atoms with Crippen molar-refractivity contribution in [2.24, 2.45) is 0 Å². The third-order valence-electron chi connectivity index (χ3n) is 6.00. The second kappa shape index (κ2) is 9.37. The first-order valence-electron chi connectivity index (χ1n) is 10.7. The number of nitrogens with zero attached hydrogens (tertiary/aromatic N) is 3. The Morgan fingerprint density at radius 2 is 1.52 bits per heavy atom. The van der Waals surface area contributed by atoms with E-state index in [1.807, 2.05) is 35.2 Å². The van der Waals surface area contributed by atoms with E-state index in [0.717, 1.165) is 75.1 Å². The van der Waals surface area contributed by atoms with Crippen molar-refractivity contribution in [1.82, 2.24) is 14.7 Å². The molecule has 0 bridgehead atoms. The largest absolute Gasteiger partial charge is 0.342 e. The number of likely N-dealkylation sites (tertiary alicyclic amines) is 1. The molecule has 0 spiro atoms. The maximum absolute atomic E-state index is 12.5. The third kappa shape index (κ3) is 5.14. The van der Waals surface area contributed by atoms with E-state index in [0.29, 0.717) is 13.0 Å². The van der Waals surface area contributed by atoms with Crippen LogP contribution in [0.2, 0.25) is 0 Å². The molecule has 2 aromatic carbocycles. The quantitative estimate of drug-likeness (QED) is 0.818. The van der Waals surface area contributed by atoms with E-state index < -0.39 is 0 Å². The van der Waals surface area contributed by atoms with Crippen molar-refractivity contribution in [3.63, 3.8) is 0 Å². The van der Waals surface area contributed by atoms with Gasteiger partial charge in [0, 0.05) is 63.3 Å². The van der Waals surface area contributed by atoms with Crippen molar-refractivity contribution < 1.29 is 9.59 Å². The normalized spacial score (nSPS) is 18.3. The number of hydrogen-bond donors (Lipinski definition) is 1. The lowest BCUT2D eigenvalue weighted by molar-refractivity contribution is -0.131. The molecule has 2 aromatic rings. The molecule has 2 heterocycles. The van der Waals surface area contributed by atoms with Crippen molar-refractivity contribution in [2.75, 3.05) is 57.7 Å². The summed E-state index contributed by atoms with van der Waals surface area (Å²) < 4.78 is 0. The van der Waals surface area contributed by atoms with Crippen LogP contribution in [0.1, 0.15) is 19.3 Å². The number of anilines is 1. The van der Waals surface area contributed by atoms with Crippen LogP contribution >= 0.6 is 0 Å². The van der Waals surface area contributed by atoms with Crippen molar-refractivity contribution in [1.29, 1.82) is 0 Å². The lowest BCUT2D eigenvalue weighted by Crippen LogP contribution is -2.50. The van der Waals surface area contributed by atoms with Crippen molar-refractivity contribution >= 4 is 28.3 Å². The Bertz CT molecular complexity index is 850. The Kier molecular flexibility index (Phi) is 6.42. The predicted octanol–water partition coefficient (Wildman–Crippen LogP) is 2.41. The molecule has 0 aromatic heterocycles. The molecule has 0 saturated carbocycles. The van der Waals surface area contributed by atoms with Gasteiger partial charge in [-0.05, 0) is 24.3 Å². The molecule has 0 atom stereocenters. The lowest BCUT2D eigenvalue weighted by Gasteiger charge is -2.34. The summed E-state index contributed by atoms with van der Waals surface area (Å²) in [5.41, 5.74) is 0.873. The van der Waals surface area contributed by atoms with Gasteiger partial charge in [0.05, 0.1) is 6.54 Å². The topological polar surface area (TPSA) is 55.9 Å². The summed E-state index contributed by atoms with van der Waals surface area (Å²) in [6.45, 7) is 6.74. The molecule has 2 amide bonds. The Labute approximate surface area is 172 Å². The standard InChI is InChI=1S/C23H30N4O2/c28-22(24-21-9-5-7-19-6-1-2-8-20(19)21)10-13-25-14-16-26(17-15-25)18-23(29)27-11-3-4-12-27/h1-2,5-9H,3-4,10-18H2,(H,24,28). The van der Waals surface area contributed by atoms with Crippen LogP contribution in [0.15, 0.2) is 42.5 Å². The van der Waals surface area contributed by atoms with Crippen LogP contribution in [0.25, 0.3) is 10.8 Å². The van der Waals surface area contributed by atoms with Gasteiger partial charge in [0.25, 0.3) is 0 Å². The Morgan fingerprint density at radius 1 is 0.828 bits per heavy atom. The number of piperazine rings is 1. The molecule has 29 heavy (non-hydrogen) atoms. The minimum Gasteiger partial charge on any atom is -0.342 e. The van der Waals surface area contributed by atoms with Crippen molar-refractivity contribution in [2.45, 2.75) is 19.3 Å². The summed E-state index contributed by atoms with van der Waals surface area (Å²) in [6.07, 6.45) is 2.76. The van der Waals surface area contributed by atoms with E-state index in [4.69, 9.17) is 0 Å². The summed E-state index contributed by atoms with van der Waals surface area (Å²) in [7, 11) is 0. The number of amides is 2. The van der Waals surface area contributed by atoms with E-state index in [1.165, 1.54) is 0 Å². The molecule has 0 unspecified atom stereocenters. The maximum Gasteiger partial charge on any atom is 0.236 e. The zero-order valence-electron chi connectivity index (χ0n) is 17.0. The Hall–Kier alpha value is -2.44. The third-order valence-corrected chi connectivity index (χ3v) is 6.00. The van der Waals surface area contributed by atoms with Crippen LogP contribution in [0.4, 0.5) is 5.69 Å². The molecule has 0 aliphatic carbocycles. The first-order chi connectivity index (χ1) is 14.2. The number of carbonyl (C=O) groups excluding carboxylic acids is 2. The van der Waals surface area contributed by atoms with Crippen LogP contribution in [-0.2, 0) is 9.59 Å². The summed E-state index contributed by atoms with van der Waals surface area (Å²) in [6, 6.07) is 14.1. The van der Waals surface area contributed by atoms with Gasteiger partial charge in [-0.15, -0.1) is 0 Å². The molecule has 0 radical (unpaired) electrons. The molecule has 6 heteroatoms. The SMILES string of the molecule is O=C(CCN1CCN(CC(=O)N2CCCC2)CC1)Nc1cccc2ccccc12. The highest BCUT2D eigenvalue weighted by molar-refractivity contribution is 6.02. The van der Waals surface area contributed by atoms with Gasteiger partial charge in [-0.25, -0.2) is 0 Å². The van der Waals surface area contributed by atoms with Crippen molar-refractivity contribution in [3.8, 4) is 0 Å². The second-order valence-corrected chi connectivity index (χ2v) is 8.03. The molecule has 154 valence electrons. The van der Waals surface area contributed by atoms with E-state index in [-0.39, 0.29) is 11.8 Å². The van der Waals surface area contributed by atoms with Crippen molar-refractivity contribution in [3.05, 3.63) is 42.5 Å².